The molecule has 0 bridgehead atoms. The molecule has 1 fully saturated rings. The number of nitrogens with two attached hydrogens (primary N) is 2. The quantitative estimate of drug-likeness (QED) is 0.471. The highest BCUT2D eigenvalue weighted by Crippen LogP contribution is 2.14. The number of Topliss-reactive ketones (excluding diaryl/α,β-unsaturated/α-hetero) is 1. The number of ketones is 1. The van der Waals surface area contributed by atoms with E-state index in [1.807, 2.05) is 0 Å². The summed E-state index contributed by atoms with van der Waals surface area (Å²) >= 11 is 0. The van der Waals surface area contributed by atoms with Gasteiger partial charge in [0.15, 0.2) is 5.78 Å². The van der Waals surface area contributed by atoms with Gasteiger partial charge in [-0.3, -0.25) is 14.4 Å². The number of hydrogen-bond donors (Lipinski definition) is 3. The molecule has 2 amide bonds. The third-order valence-electron chi connectivity index (χ3n) is 2.48. The topological polar surface area (TPSA) is 115 Å². The lowest BCUT2D eigenvalue weighted by Crippen LogP contribution is -2.43. The van der Waals surface area contributed by atoms with E-state index in [0.717, 1.165) is 0 Å². The van der Waals surface area contributed by atoms with Gasteiger partial charge in [-0.15, -0.1) is 0 Å². The van der Waals surface area contributed by atoms with Crippen LogP contribution in [0.3, 0.4) is 0 Å². The van der Waals surface area contributed by atoms with Gasteiger partial charge in [-0.1, -0.05) is 0 Å². The Kier molecular flexibility index (Phi) is 3.79. The number of amides is 2. The van der Waals surface area contributed by atoms with Gasteiger partial charge in [0, 0.05) is 6.42 Å². The van der Waals surface area contributed by atoms with Crippen LogP contribution >= 0.6 is 0 Å². The van der Waals surface area contributed by atoms with Crippen LogP contribution in [0, 0.1) is 5.92 Å². The molecule has 1 aliphatic rings. The van der Waals surface area contributed by atoms with Crippen molar-refractivity contribution in [1.29, 1.82) is 0 Å². The largest absolute Gasteiger partial charge is 0.369 e. The van der Waals surface area contributed by atoms with Crippen molar-refractivity contribution in [3.05, 3.63) is 0 Å². The Bertz CT molecular complexity index is 290. The van der Waals surface area contributed by atoms with Gasteiger partial charge in [0.1, 0.15) is 0 Å². The summed E-state index contributed by atoms with van der Waals surface area (Å²) in [4.78, 5) is 33.7. The SMILES string of the molecule is NCCC(C(N)=O)C(=O)[C@@H]1CCC(=O)N1. The van der Waals surface area contributed by atoms with Gasteiger partial charge < -0.3 is 16.8 Å². The zero-order valence-electron chi connectivity index (χ0n) is 8.36. The number of carbonyl (C=O) groups excluding carboxylic acids is 3. The average Bonchev–Trinajstić information content (AvgIpc) is 2.59. The normalized spacial score (nSPS) is 22.2. The van der Waals surface area contributed by atoms with E-state index >= 15 is 0 Å². The molecule has 0 aliphatic carbocycles. The lowest BCUT2D eigenvalue weighted by molar-refractivity contribution is -0.134. The third kappa shape index (κ3) is 2.76. The fraction of sp³-hybridized carbons (Fsp3) is 0.667. The number of carbonyl (C=O) groups is 3. The Labute approximate surface area is 87.4 Å². The maximum atomic E-state index is 11.8. The summed E-state index contributed by atoms with van der Waals surface area (Å²) in [6, 6.07) is -0.568. The third-order valence-corrected chi connectivity index (χ3v) is 2.48. The van der Waals surface area contributed by atoms with Crippen molar-refractivity contribution in [2.24, 2.45) is 17.4 Å². The maximum Gasteiger partial charge on any atom is 0.228 e. The lowest BCUT2D eigenvalue weighted by atomic mass is 9.93. The second-order valence-corrected chi connectivity index (χ2v) is 3.59. The predicted molar refractivity (Wildman–Crippen MR) is 52.5 cm³/mol. The van der Waals surface area contributed by atoms with Crippen molar-refractivity contribution in [1.82, 2.24) is 5.32 Å². The smallest absolute Gasteiger partial charge is 0.228 e. The van der Waals surface area contributed by atoms with Crippen LogP contribution in [0.15, 0.2) is 0 Å². The minimum absolute atomic E-state index is 0.163. The summed E-state index contributed by atoms with van der Waals surface area (Å²) in [6.07, 6.45) is 0.997. The van der Waals surface area contributed by atoms with Gasteiger partial charge in [-0.2, -0.15) is 0 Å². The van der Waals surface area contributed by atoms with Crippen molar-refractivity contribution < 1.29 is 14.4 Å². The first-order valence-corrected chi connectivity index (χ1v) is 4.88. The Hall–Kier alpha value is -1.43. The molecule has 6 heteroatoms. The summed E-state index contributed by atoms with van der Waals surface area (Å²) in [7, 11) is 0. The second kappa shape index (κ2) is 4.88. The maximum absolute atomic E-state index is 11.8. The zero-order valence-corrected chi connectivity index (χ0v) is 8.36. The summed E-state index contributed by atoms with van der Waals surface area (Å²) < 4.78 is 0. The van der Waals surface area contributed by atoms with Crippen LogP contribution in [0.2, 0.25) is 0 Å². The van der Waals surface area contributed by atoms with Crippen LogP contribution in [0.1, 0.15) is 19.3 Å². The van der Waals surface area contributed by atoms with E-state index in [-0.39, 0.29) is 24.7 Å². The fourth-order valence-corrected chi connectivity index (χ4v) is 1.66. The van der Waals surface area contributed by atoms with Crippen LogP contribution in [0.5, 0.6) is 0 Å². The molecule has 1 rings (SSSR count). The van der Waals surface area contributed by atoms with Crippen molar-refractivity contribution in [3.8, 4) is 0 Å². The summed E-state index contributed by atoms with van der Waals surface area (Å²) in [5.74, 6) is -2.03. The average molecular weight is 213 g/mol. The number of hydrogen-bond acceptors (Lipinski definition) is 4. The molecule has 0 radical (unpaired) electrons. The Morgan fingerprint density at radius 2 is 2.20 bits per heavy atom. The molecule has 5 N–H and O–H groups in total. The van der Waals surface area contributed by atoms with Crippen LogP contribution < -0.4 is 16.8 Å². The van der Waals surface area contributed by atoms with Crippen LogP contribution in [0.25, 0.3) is 0 Å². The number of primary amides is 1. The second-order valence-electron chi connectivity index (χ2n) is 3.59. The monoisotopic (exact) mass is 213 g/mol. The standard InChI is InChI=1S/C9H15N3O3/c10-4-3-5(9(11)15)8(14)6-1-2-7(13)12-6/h5-6H,1-4,10H2,(H2,11,15)(H,12,13)/t5?,6-/m0/s1. The van der Waals surface area contributed by atoms with E-state index in [2.05, 4.69) is 5.32 Å². The van der Waals surface area contributed by atoms with Gasteiger partial charge in [-0.25, -0.2) is 0 Å². The summed E-state index contributed by atoms with van der Waals surface area (Å²) in [5.41, 5.74) is 10.4. The van der Waals surface area contributed by atoms with Gasteiger partial charge in [0.2, 0.25) is 11.8 Å². The summed E-state index contributed by atoms with van der Waals surface area (Å²) in [5, 5.41) is 2.51. The minimum Gasteiger partial charge on any atom is -0.369 e. The number of rotatable bonds is 5. The van der Waals surface area contributed by atoms with Crippen molar-refractivity contribution in [2.45, 2.75) is 25.3 Å². The number of nitrogens with one attached hydrogen (secondary N) is 1. The minimum atomic E-state index is -0.876. The van der Waals surface area contributed by atoms with E-state index < -0.39 is 17.9 Å². The van der Waals surface area contributed by atoms with E-state index in [1.165, 1.54) is 0 Å². The van der Waals surface area contributed by atoms with E-state index in [4.69, 9.17) is 11.5 Å². The predicted octanol–water partition coefficient (Wildman–Crippen LogP) is -1.72. The molecule has 6 nitrogen and oxygen atoms in total. The van der Waals surface area contributed by atoms with Crippen molar-refractivity contribution in [2.75, 3.05) is 6.54 Å². The molecule has 1 unspecified atom stereocenters. The highest BCUT2D eigenvalue weighted by molar-refractivity contribution is 6.05. The van der Waals surface area contributed by atoms with E-state index in [0.29, 0.717) is 12.8 Å². The molecule has 0 aromatic carbocycles. The van der Waals surface area contributed by atoms with Crippen LogP contribution in [-0.2, 0) is 14.4 Å². The van der Waals surface area contributed by atoms with Gasteiger partial charge >= 0.3 is 0 Å². The molecule has 1 saturated heterocycles. The lowest BCUT2D eigenvalue weighted by Gasteiger charge is -2.15. The fourth-order valence-electron chi connectivity index (χ4n) is 1.66. The van der Waals surface area contributed by atoms with E-state index in [9.17, 15) is 14.4 Å². The highest BCUT2D eigenvalue weighted by atomic mass is 16.2. The molecule has 1 aliphatic heterocycles. The molecular weight excluding hydrogens is 198 g/mol. The molecule has 0 saturated carbocycles. The first-order valence-electron chi connectivity index (χ1n) is 4.88. The van der Waals surface area contributed by atoms with Gasteiger partial charge in [0.05, 0.1) is 12.0 Å². The van der Waals surface area contributed by atoms with Crippen LogP contribution in [-0.4, -0.2) is 30.2 Å². The molecule has 0 spiro atoms. The first kappa shape index (κ1) is 11.6. The molecule has 0 aromatic heterocycles. The Morgan fingerprint density at radius 1 is 1.53 bits per heavy atom. The highest BCUT2D eigenvalue weighted by Gasteiger charge is 2.34. The van der Waals surface area contributed by atoms with E-state index in [1.54, 1.807) is 0 Å². The van der Waals surface area contributed by atoms with Crippen LogP contribution in [0.4, 0.5) is 0 Å². The molecule has 1 heterocycles. The molecule has 84 valence electrons. The summed E-state index contributed by atoms with van der Waals surface area (Å²) in [6.45, 7) is 0.222. The molecule has 2 atom stereocenters. The Balaban J connectivity index is 2.63. The molecule has 0 aromatic rings. The zero-order chi connectivity index (χ0) is 11.4. The first-order chi connectivity index (χ1) is 7.06. The van der Waals surface area contributed by atoms with Crippen molar-refractivity contribution >= 4 is 17.6 Å². The molecule has 15 heavy (non-hydrogen) atoms. The Morgan fingerprint density at radius 3 is 2.60 bits per heavy atom. The van der Waals surface area contributed by atoms with Gasteiger partial charge in [0.25, 0.3) is 0 Å². The van der Waals surface area contributed by atoms with Gasteiger partial charge in [-0.05, 0) is 19.4 Å². The van der Waals surface area contributed by atoms with Crippen molar-refractivity contribution in [3.63, 3.8) is 0 Å². The molecular formula is C9H15N3O3.